The van der Waals surface area contributed by atoms with Crippen LogP contribution in [0.4, 0.5) is 5.69 Å². The minimum Gasteiger partial charge on any atom is -0.486 e. The number of hydrogen-bond donors (Lipinski definition) is 1. The maximum atomic E-state index is 13.4. The van der Waals surface area contributed by atoms with Crippen LogP contribution in [0.2, 0.25) is 0 Å². The van der Waals surface area contributed by atoms with Crippen LogP contribution < -0.4 is 19.1 Å². The van der Waals surface area contributed by atoms with E-state index >= 15 is 0 Å². The van der Waals surface area contributed by atoms with Crippen molar-refractivity contribution >= 4 is 27.5 Å². The normalized spacial score (nSPS) is 14.0. The van der Waals surface area contributed by atoms with Crippen LogP contribution in [-0.4, -0.2) is 62.7 Å². The van der Waals surface area contributed by atoms with Crippen molar-refractivity contribution in [1.82, 2.24) is 10.2 Å². The molecule has 37 heavy (non-hydrogen) atoms. The van der Waals surface area contributed by atoms with E-state index in [2.05, 4.69) is 5.32 Å². The van der Waals surface area contributed by atoms with Crippen molar-refractivity contribution in [2.75, 3.05) is 30.3 Å². The summed E-state index contributed by atoms with van der Waals surface area (Å²) in [5.74, 6) is 0.584. The van der Waals surface area contributed by atoms with Crippen molar-refractivity contribution < 1.29 is 27.5 Å². The van der Waals surface area contributed by atoms with Gasteiger partial charge >= 0.3 is 0 Å². The van der Waals surface area contributed by atoms with Gasteiger partial charge in [-0.1, -0.05) is 30.3 Å². The zero-order valence-electron chi connectivity index (χ0n) is 22.2. The second kappa shape index (κ2) is 11.9. The molecule has 0 radical (unpaired) electrons. The molecule has 1 heterocycles. The first-order chi connectivity index (χ1) is 17.3. The molecule has 0 aromatic heterocycles. The third-order valence-corrected chi connectivity index (χ3v) is 7.02. The maximum Gasteiger partial charge on any atom is 0.242 e. The van der Waals surface area contributed by atoms with Crippen LogP contribution >= 0.6 is 0 Å². The first-order valence-electron chi connectivity index (χ1n) is 12.4. The van der Waals surface area contributed by atoms with E-state index in [0.29, 0.717) is 30.4 Å². The minimum atomic E-state index is -3.61. The fraction of sp³-hybridized carbons (Fsp3) is 0.481. The summed E-state index contributed by atoms with van der Waals surface area (Å²) in [6.07, 6.45) is 1.49. The molecule has 1 aliphatic rings. The molecule has 2 aromatic carbocycles. The van der Waals surface area contributed by atoms with Gasteiger partial charge in [-0.05, 0) is 51.8 Å². The topological polar surface area (TPSA) is 105 Å². The fourth-order valence-corrected chi connectivity index (χ4v) is 4.99. The highest BCUT2D eigenvalue weighted by Crippen LogP contribution is 2.34. The van der Waals surface area contributed by atoms with E-state index in [0.717, 1.165) is 11.8 Å². The predicted molar refractivity (Wildman–Crippen MR) is 143 cm³/mol. The highest BCUT2D eigenvalue weighted by Gasteiger charge is 2.29. The highest BCUT2D eigenvalue weighted by atomic mass is 32.2. The Morgan fingerprint density at radius 3 is 2.30 bits per heavy atom. The quantitative estimate of drug-likeness (QED) is 0.504. The first kappa shape index (κ1) is 28.3. The molecule has 202 valence electrons. The van der Waals surface area contributed by atoms with Crippen LogP contribution in [0.25, 0.3) is 0 Å². The molecule has 1 aliphatic heterocycles. The molecule has 0 aliphatic carbocycles. The molecule has 0 fully saturated rings. The van der Waals surface area contributed by atoms with Crippen molar-refractivity contribution in [1.29, 1.82) is 0 Å². The summed E-state index contributed by atoms with van der Waals surface area (Å²) in [5.41, 5.74) is 0.908. The largest absolute Gasteiger partial charge is 0.486 e. The smallest absolute Gasteiger partial charge is 0.242 e. The standard InChI is InChI=1S/C27H37N3O6S/c1-20(26(32)28-27(2,3)4)29(19-21-10-7-6-8-11-21)25(31)12-9-15-30(37(5,33)34)22-13-14-23-24(18-22)36-17-16-35-23/h6-8,10-11,13-14,18,20H,9,12,15-17,19H2,1-5H3,(H,28,32). The third-order valence-electron chi connectivity index (χ3n) is 5.83. The number of carbonyl (C=O) groups excluding carboxylic acids is 2. The Hall–Kier alpha value is -3.27. The van der Waals surface area contributed by atoms with Gasteiger partial charge in [-0.3, -0.25) is 13.9 Å². The van der Waals surface area contributed by atoms with Gasteiger partial charge in [-0.25, -0.2) is 8.42 Å². The molecule has 0 saturated carbocycles. The Morgan fingerprint density at radius 1 is 1.03 bits per heavy atom. The van der Waals surface area contributed by atoms with Crippen molar-refractivity contribution in [2.24, 2.45) is 0 Å². The van der Waals surface area contributed by atoms with Gasteiger partial charge in [-0.2, -0.15) is 0 Å². The zero-order chi connectivity index (χ0) is 27.2. The molecule has 1 N–H and O–H groups in total. The van der Waals surface area contributed by atoms with Crippen LogP contribution in [-0.2, 0) is 26.2 Å². The number of hydrogen-bond acceptors (Lipinski definition) is 6. The molecule has 0 saturated heterocycles. The van der Waals surface area contributed by atoms with Crippen LogP contribution in [0.15, 0.2) is 48.5 Å². The molecule has 3 rings (SSSR count). The Morgan fingerprint density at radius 2 is 1.68 bits per heavy atom. The summed E-state index contributed by atoms with van der Waals surface area (Å²) in [7, 11) is -3.61. The van der Waals surface area contributed by atoms with Gasteiger partial charge in [0.05, 0.1) is 11.9 Å². The average molecular weight is 532 g/mol. The maximum absolute atomic E-state index is 13.4. The molecule has 9 nitrogen and oxygen atoms in total. The number of carbonyl (C=O) groups is 2. The van der Waals surface area contributed by atoms with E-state index in [9.17, 15) is 18.0 Å². The van der Waals surface area contributed by atoms with Crippen LogP contribution in [0.3, 0.4) is 0 Å². The first-order valence-corrected chi connectivity index (χ1v) is 14.2. The molecule has 0 spiro atoms. The van der Waals surface area contributed by atoms with Crippen molar-refractivity contribution in [2.45, 2.75) is 58.7 Å². The number of fused-ring (bicyclic) bond motifs is 1. The zero-order valence-corrected chi connectivity index (χ0v) is 23.0. The molecular weight excluding hydrogens is 494 g/mol. The Balaban J connectivity index is 1.73. The van der Waals surface area contributed by atoms with Gasteiger partial charge in [0.15, 0.2) is 11.5 Å². The van der Waals surface area contributed by atoms with E-state index in [4.69, 9.17) is 9.47 Å². The summed E-state index contributed by atoms with van der Waals surface area (Å²) in [6.45, 7) is 8.58. The van der Waals surface area contributed by atoms with Crippen LogP contribution in [0, 0.1) is 0 Å². The number of nitrogens with one attached hydrogen (secondary N) is 1. The number of ether oxygens (including phenoxy) is 2. The third kappa shape index (κ3) is 8.11. The summed E-state index contributed by atoms with van der Waals surface area (Å²) in [6, 6.07) is 13.8. The van der Waals surface area contributed by atoms with Gasteiger partial charge in [0.1, 0.15) is 19.3 Å². The van der Waals surface area contributed by atoms with E-state index in [-0.39, 0.29) is 37.7 Å². The van der Waals surface area contributed by atoms with Crippen molar-refractivity contribution in [3.05, 3.63) is 54.1 Å². The minimum absolute atomic E-state index is 0.0799. The van der Waals surface area contributed by atoms with Crippen LogP contribution in [0.5, 0.6) is 11.5 Å². The monoisotopic (exact) mass is 531 g/mol. The molecule has 10 heteroatoms. The Kier molecular flexibility index (Phi) is 9.07. The Labute approximate surface area is 219 Å². The summed E-state index contributed by atoms with van der Waals surface area (Å²) < 4.78 is 37.6. The molecule has 0 bridgehead atoms. The molecule has 2 aromatic rings. The van der Waals surface area contributed by atoms with Crippen molar-refractivity contribution in [3.8, 4) is 11.5 Å². The lowest BCUT2D eigenvalue weighted by molar-refractivity contribution is -0.141. The molecule has 2 amide bonds. The SMILES string of the molecule is CC(C(=O)NC(C)(C)C)N(Cc1ccccc1)C(=O)CCCN(c1ccc2c(c1)OCCO2)S(C)(=O)=O. The van der Waals surface area contributed by atoms with Gasteiger partial charge in [-0.15, -0.1) is 0 Å². The number of sulfonamides is 1. The number of amides is 2. The van der Waals surface area contributed by atoms with E-state index in [1.807, 2.05) is 51.1 Å². The summed E-state index contributed by atoms with van der Waals surface area (Å²) >= 11 is 0. The van der Waals surface area contributed by atoms with E-state index in [1.54, 1.807) is 30.0 Å². The lowest BCUT2D eigenvalue weighted by Crippen LogP contribution is -2.52. The number of rotatable bonds is 10. The molecule has 1 atom stereocenters. The number of benzene rings is 2. The van der Waals surface area contributed by atoms with E-state index < -0.39 is 21.6 Å². The predicted octanol–water partition coefficient (Wildman–Crippen LogP) is 3.34. The Bertz CT molecular complexity index is 1190. The molecule has 1 unspecified atom stereocenters. The number of anilines is 1. The summed E-state index contributed by atoms with van der Waals surface area (Å²) in [4.78, 5) is 27.8. The number of nitrogens with zero attached hydrogens (tertiary/aromatic N) is 2. The fourth-order valence-electron chi connectivity index (χ4n) is 4.03. The second-order valence-electron chi connectivity index (χ2n) is 10.2. The van der Waals surface area contributed by atoms with Gasteiger partial charge in [0, 0.05) is 31.1 Å². The van der Waals surface area contributed by atoms with Gasteiger partial charge in [0.2, 0.25) is 21.8 Å². The lowest BCUT2D eigenvalue weighted by atomic mass is 10.1. The lowest BCUT2D eigenvalue weighted by Gasteiger charge is -2.32. The van der Waals surface area contributed by atoms with Crippen molar-refractivity contribution in [3.63, 3.8) is 0 Å². The second-order valence-corrected chi connectivity index (χ2v) is 12.1. The van der Waals surface area contributed by atoms with Gasteiger partial charge < -0.3 is 19.7 Å². The molecular formula is C27H37N3O6S. The van der Waals surface area contributed by atoms with Crippen LogP contribution in [0.1, 0.15) is 46.1 Å². The van der Waals surface area contributed by atoms with Gasteiger partial charge in [0.25, 0.3) is 0 Å². The highest BCUT2D eigenvalue weighted by molar-refractivity contribution is 7.92. The average Bonchev–Trinajstić information content (AvgIpc) is 2.83. The van der Waals surface area contributed by atoms with E-state index in [1.165, 1.54) is 4.31 Å². The summed E-state index contributed by atoms with van der Waals surface area (Å²) in [5, 5.41) is 2.94.